The molecule has 1 aromatic carbocycles. The lowest BCUT2D eigenvalue weighted by molar-refractivity contribution is 0.181. The van der Waals surface area contributed by atoms with Crippen LogP contribution in [-0.2, 0) is 11.3 Å². The van der Waals surface area contributed by atoms with Crippen LogP contribution in [0.2, 0.25) is 5.02 Å². The number of rotatable bonds is 4. The van der Waals surface area contributed by atoms with Gasteiger partial charge in [-0.1, -0.05) is 50.4 Å². The minimum absolute atomic E-state index is 0.000292. The molecule has 0 amide bonds. The number of nitrogens with zero attached hydrogens (tertiary/aromatic N) is 4. The number of fused-ring (bicyclic) bond motifs is 3. The van der Waals surface area contributed by atoms with Gasteiger partial charge in [0, 0.05) is 30.6 Å². The molecule has 0 spiro atoms. The molecule has 4 aromatic rings. The first kappa shape index (κ1) is 21.2. The third-order valence-electron chi connectivity index (χ3n) is 7.05. The SMILES string of the molecule is COCc1nn2c(ncc3c(=O)n([C@@H]4CCC[C@@H](C)[C@@H]4C)ccc32)c1-c1ccc(Cl)cc1. The van der Waals surface area contributed by atoms with Gasteiger partial charge in [-0.25, -0.2) is 9.50 Å². The number of halogens is 1. The van der Waals surface area contributed by atoms with Crippen molar-refractivity contribution in [3.8, 4) is 11.1 Å². The first-order valence-corrected chi connectivity index (χ1v) is 11.5. The van der Waals surface area contributed by atoms with Gasteiger partial charge < -0.3 is 9.30 Å². The maximum absolute atomic E-state index is 13.5. The van der Waals surface area contributed by atoms with Crippen LogP contribution in [0.3, 0.4) is 0 Å². The van der Waals surface area contributed by atoms with E-state index in [1.165, 1.54) is 6.42 Å². The van der Waals surface area contributed by atoms with Gasteiger partial charge in [-0.2, -0.15) is 5.10 Å². The summed E-state index contributed by atoms with van der Waals surface area (Å²) in [7, 11) is 1.65. The molecule has 1 aliphatic rings. The fourth-order valence-electron chi connectivity index (χ4n) is 5.09. The molecule has 5 rings (SSSR count). The average Bonchev–Trinajstić information content (AvgIpc) is 3.15. The third-order valence-corrected chi connectivity index (χ3v) is 7.30. The summed E-state index contributed by atoms with van der Waals surface area (Å²) in [5.74, 6) is 1.08. The normalized spacial score (nSPS) is 21.4. The quantitative estimate of drug-likeness (QED) is 0.411. The van der Waals surface area contributed by atoms with E-state index in [2.05, 4.69) is 13.8 Å². The summed E-state index contributed by atoms with van der Waals surface area (Å²) >= 11 is 6.09. The molecule has 3 heterocycles. The van der Waals surface area contributed by atoms with Crippen LogP contribution in [0.4, 0.5) is 0 Å². The van der Waals surface area contributed by atoms with Crippen molar-refractivity contribution in [1.29, 1.82) is 0 Å². The van der Waals surface area contributed by atoms with Crippen molar-refractivity contribution >= 4 is 28.2 Å². The molecule has 3 aromatic heterocycles. The Labute approximate surface area is 191 Å². The lowest BCUT2D eigenvalue weighted by Gasteiger charge is -2.35. The second-order valence-electron chi connectivity index (χ2n) is 8.92. The highest BCUT2D eigenvalue weighted by Crippen LogP contribution is 2.37. The van der Waals surface area contributed by atoms with E-state index in [9.17, 15) is 4.79 Å². The molecule has 32 heavy (non-hydrogen) atoms. The van der Waals surface area contributed by atoms with Crippen molar-refractivity contribution < 1.29 is 4.74 Å². The van der Waals surface area contributed by atoms with E-state index in [4.69, 9.17) is 26.4 Å². The number of hydrogen-bond acceptors (Lipinski definition) is 4. The van der Waals surface area contributed by atoms with Gasteiger partial charge in [0.05, 0.1) is 28.8 Å². The van der Waals surface area contributed by atoms with E-state index in [0.29, 0.717) is 34.5 Å². The summed E-state index contributed by atoms with van der Waals surface area (Å²) in [4.78, 5) is 18.2. The molecule has 0 aliphatic heterocycles. The summed E-state index contributed by atoms with van der Waals surface area (Å²) in [5, 5.41) is 6.04. The Morgan fingerprint density at radius 2 is 1.94 bits per heavy atom. The van der Waals surface area contributed by atoms with Gasteiger partial charge in [-0.15, -0.1) is 0 Å². The van der Waals surface area contributed by atoms with Crippen LogP contribution in [0.5, 0.6) is 0 Å². The smallest absolute Gasteiger partial charge is 0.261 e. The average molecular weight is 451 g/mol. The largest absolute Gasteiger partial charge is 0.378 e. The minimum Gasteiger partial charge on any atom is -0.378 e. The van der Waals surface area contributed by atoms with E-state index in [-0.39, 0.29) is 11.6 Å². The molecular formula is C25H27ClN4O2. The van der Waals surface area contributed by atoms with Gasteiger partial charge in [0.1, 0.15) is 0 Å². The van der Waals surface area contributed by atoms with Crippen molar-refractivity contribution in [2.75, 3.05) is 7.11 Å². The Bertz CT molecular complexity index is 1340. The zero-order chi connectivity index (χ0) is 22.4. The highest BCUT2D eigenvalue weighted by Gasteiger charge is 2.29. The lowest BCUT2D eigenvalue weighted by Crippen LogP contribution is -2.33. The highest BCUT2D eigenvalue weighted by atomic mass is 35.5. The predicted molar refractivity (Wildman–Crippen MR) is 127 cm³/mol. The molecule has 7 heteroatoms. The van der Waals surface area contributed by atoms with Gasteiger partial charge in [0.25, 0.3) is 5.56 Å². The fourth-order valence-corrected chi connectivity index (χ4v) is 5.21. The van der Waals surface area contributed by atoms with Crippen molar-refractivity contribution in [3.05, 3.63) is 63.8 Å². The summed E-state index contributed by atoms with van der Waals surface area (Å²) in [6.07, 6.45) is 7.04. The number of methoxy groups -OCH3 is 1. The van der Waals surface area contributed by atoms with E-state index in [0.717, 1.165) is 35.2 Å². The maximum Gasteiger partial charge on any atom is 0.261 e. The summed E-state index contributed by atoms with van der Waals surface area (Å²) in [6.45, 7) is 4.89. The van der Waals surface area contributed by atoms with Gasteiger partial charge in [0.2, 0.25) is 0 Å². The second-order valence-corrected chi connectivity index (χ2v) is 9.35. The molecule has 0 radical (unpaired) electrons. The monoisotopic (exact) mass is 450 g/mol. The lowest BCUT2D eigenvalue weighted by atomic mass is 9.78. The van der Waals surface area contributed by atoms with Crippen LogP contribution in [0.15, 0.2) is 47.5 Å². The van der Waals surface area contributed by atoms with Crippen LogP contribution in [0.25, 0.3) is 27.7 Å². The molecule has 3 atom stereocenters. The predicted octanol–water partition coefficient (Wildman–Crippen LogP) is 5.51. The Morgan fingerprint density at radius 3 is 2.69 bits per heavy atom. The Hall–Kier alpha value is -2.70. The maximum atomic E-state index is 13.5. The van der Waals surface area contributed by atoms with Crippen molar-refractivity contribution in [2.45, 2.75) is 45.8 Å². The van der Waals surface area contributed by atoms with Gasteiger partial charge in [-0.05, 0) is 42.0 Å². The summed E-state index contributed by atoms with van der Waals surface area (Å²) < 4.78 is 9.09. The minimum atomic E-state index is -0.000292. The van der Waals surface area contributed by atoms with Crippen LogP contribution in [0, 0.1) is 11.8 Å². The van der Waals surface area contributed by atoms with E-state index < -0.39 is 0 Å². The molecule has 0 unspecified atom stereocenters. The number of pyridine rings is 1. The number of benzene rings is 1. The van der Waals surface area contributed by atoms with Crippen molar-refractivity contribution in [3.63, 3.8) is 0 Å². The van der Waals surface area contributed by atoms with Crippen molar-refractivity contribution in [2.24, 2.45) is 11.8 Å². The van der Waals surface area contributed by atoms with E-state index in [1.54, 1.807) is 17.8 Å². The molecule has 0 N–H and O–H groups in total. The molecular weight excluding hydrogens is 424 g/mol. The third kappa shape index (κ3) is 3.42. The fraction of sp³-hybridized carbons (Fsp3) is 0.400. The molecule has 166 valence electrons. The number of hydrogen-bond donors (Lipinski definition) is 0. The van der Waals surface area contributed by atoms with Crippen LogP contribution >= 0.6 is 11.6 Å². The number of aromatic nitrogens is 4. The topological polar surface area (TPSA) is 61.4 Å². The Morgan fingerprint density at radius 1 is 1.16 bits per heavy atom. The van der Waals surface area contributed by atoms with Gasteiger partial charge >= 0.3 is 0 Å². The zero-order valence-electron chi connectivity index (χ0n) is 18.6. The van der Waals surface area contributed by atoms with Crippen LogP contribution < -0.4 is 5.56 Å². The summed E-state index contributed by atoms with van der Waals surface area (Å²) in [6, 6.07) is 9.82. The van der Waals surface area contributed by atoms with Crippen molar-refractivity contribution in [1.82, 2.24) is 19.2 Å². The highest BCUT2D eigenvalue weighted by molar-refractivity contribution is 6.30. The van der Waals surface area contributed by atoms with Gasteiger partial charge in [-0.3, -0.25) is 4.79 Å². The first-order chi connectivity index (χ1) is 15.5. The standard InChI is InChI=1S/C25H27ClN4O2/c1-15-5-4-6-21(16(15)2)29-12-11-22-19(25(29)31)13-27-24-23(17-7-9-18(26)10-8-17)20(14-32-3)28-30(22)24/h7-13,15-16,21H,4-6,14H2,1-3H3/t15-,16+,21-/m1/s1. The Balaban J connectivity index is 1.70. The molecule has 1 aliphatic carbocycles. The van der Waals surface area contributed by atoms with Gasteiger partial charge in [0.15, 0.2) is 5.65 Å². The van der Waals surface area contributed by atoms with E-state index in [1.807, 2.05) is 41.1 Å². The first-order valence-electron chi connectivity index (χ1n) is 11.2. The van der Waals surface area contributed by atoms with Crippen LogP contribution in [0.1, 0.15) is 44.8 Å². The van der Waals surface area contributed by atoms with Crippen LogP contribution in [-0.4, -0.2) is 26.3 Å². The Kier molecular flexibility index (Phi) is 5.51. The number of ether oxygens (including phenoxy) is 1. The molecule has 6 nitrogen and oxygen atoms in total. The molecule has 1 fully saturated rings. The molecule has 0 bridgehead atoms. The molecule has 0 saturated heterocycles. The zero-order valence-corrected chi connectivity index (χ0v) is 19.3. The second kappa shape index (κ2) is 8.34. The van der Waals surface area contributed by atoms with E-state index >= 15 is 0 Å². The summed E-state index contributed by atoms with van der Waals surface area (Å²) in [5.41, 5.74) is 4.08. The molecule has 1 saturated carbocycles.